The summed E-state index contributed by atoms with van der Waals surface area (Å²) in [6, 6.07) is 17.1. The summed E-state index contributed by atoms with van der Waals surface area (Å²) in [6.45, 7) is 7.33. The van der Waals surface area contributed by atoms with Crippen molar-refractivity contribution in [1.29, 1.82) is 0 Å². The summed E-state index contributed by atoms with van der Waals surface area (Å²) in [6.07, 6.45) is 0.786. The van der Waals surface area contributed by atoms with Gasteiger partial charge in [0.2, 0.25) is 5.75 Å². The van der Waals surface area contributed by atoms with E-state index in [-0.39, 0.29) is 11.9 Å². The predicted molar refractivity (Wildman–Crippen MR) is 148 cm³/mol. The summed E-state index contributed by atoms with van der Waals surface area (Å²) in [5, 5.41) is 3.08. The summed E-state index contributed by atoms with van der Waals surface area (Å²) in [5.74, 6) is 2.68. The monoisotopic (exact) mass is 517 g/mol. The van der Waals surface area contributed by atoms with Gasteiger partial charge in [-0.25, -0.2) is 4.98 Å². The van der Waals surface area contributed by atoms with E-state index in [1.807, 2.05) is 37.3 Å². The maximum Gasteiger partial charge on any atom is 0.252 e. The number of nitrogens with zero attached hydrogens (tertiary/aromatic N) is 2. The van der Waals surface area contributed by atoms with Crippen molar-refractivity contribution >= 4 is 16.9 Å². The first-order chi connectivity index (χ1) is 18.4. The number of carbonyl (C=O) groups excluding carboxylic acids is 1. The Morgan fingerprint density at radius 3 is 2.32 bits per heavy atom. The molecule has 0 aliphatic carbocycles. The number of rotatable bonds is 11. The van der Waals surface area contributed by atoms with Crippen LogP contribution >= 0.6 is 0 Å². The first-order valence-corrected chi connectivity index (χ1v) is 12.6. The van der Waals surface area contributed by atoms with E-state index in [9.17, 15) is 4.79 Å². The van der Waals surface area contributed by atoms with Crippen molar-refractivity contribution in [3.8, 4) is 23.0 Å². The Labute approximate surface area is 223 Å². The van der Waals surface area contributed by atoms with Crippen molar-refractivity contribution in [3.63, 3.8) is 0 Å². The smallest absolute Gasteiger partial charge is 0.252 e. The van der Waals surface area contributed by atoms with Gasteiger partial charge >= 0.3 is 0 Å². The minimum atomic E-state index is -0.353. The summed E-state index contributed by atoms with van der Waals surface area (Å²) in [5.41, 5.74) is 4.64. The topological polar surface area (TPSA) is 83.8 Å². The number of hydrogen-bond donors (Lipinski definition) is 1. The zero-order chi connectivity index (χ0) is 27.2. The van der Waals surface area contributed by atoms with E-state index < -0.39 is 0 Å². The van der Waals surface area contributed by atoms with Gasteiger partial charge in [-0.3, -0.25) is 4.79 Å². The summed E-state index contributed by atoms with van der Waals surface area (Å²) >= 11 is 0. The fourth-order valence-corrected chi connectivity index (χ4v) is 4.58. The molecule has 1 heterocycles. The van der Waals surface area contributed by atoms with Crippen molar-refractivity contribution < 1.29 is 23.7 Å². The normalized spacial score (nSPS) is 11.7. The number of methoxy groups -OCH3 is 3. The first-order valence-electron chi connectivity index (χ1n) is 12.6. The average molecular weight is 518 g/mol. The van der Waals surface area contributed by atoms with Gasteiger partial charge in [0.1, 0.15) is 11.6 Å². The Morgan fingerprint density at radius 2 is 1.66 bits per heavy atom. The molecule has 0 fully saturated rings. The van der Waals surface area contributed by atoms with Gasteiger partial charge in [0.15, 0.2) is 11.5 Å². The van der Waals surface area contributed by atoms with Crippen molar-refractivity contribution in [2.75, 3.05) is 27.9 Å². The van der Waals surface area contributed by atoms with E-state index in [4.69, 9.17) is 23.9 Å². The summed E-state index contributed by atoms with van der Waals surface area (Å²) in [7, 11) is 4.57. The van der Waals surface area contributed by atoms with Crippen LogP contribution in [0.4, 0.5) is 0 Å². The molecule has 0 saturated carbocycles. The number of imidazole rings is 1. The molecule has 3 aromatic carbocycles. The Balaban J connectivity index is 1.52. The largest absolute Gasteiger partial charge is 0.493 e. The number of aryl methyl sites for hydroxylation is 3. The van der Waals surface area contributed by atoms with Crippen molar-refractivity contribution in [2.24, 2.45) is 0 Å². The molecular formula is C30H35N3O5. The quantitative estimate of drug-likeness (QED) is 0.259. The molecule has 1 amide bonds. The Morgan fingerprint density at radius 1 is 0.947 bits per heavy atom. The molecule has 8 nitrogen and oxygen atoms in total. The molecule has 0 bridgehead atoms. The minimum Gasteiger partial charge on any atom is -0.493 e. The molecule has 1 aromatic heterocycles. The van der Waals surface area contributed by atoms with Gasteiger partial charge in [-0.2, -0.15) is 0 Å². The molecule has 0 aliphatic heterocycles. The number of carbonyl (C=O) groups is 1. The van der Waals surface area contributed by atoms with Crippen LogP contribution < -0.4 is 24.3 Å². The highest BCUT2D eigenvalue weighted by molar-refractivity contribution is 5.96. The molecular weight excluding hydrogens is 482 g/mol. The van der Waals surface area contributed by atoms with Crippen LogP contribution in [0.15, 0.2) is 54.6 Å². The lowest BCUT2D eigenvalue weighted by molar-refractivity contribution is 0.0936. The SMILES string of the molecule is COc1cc(C(=O)NC(C)c2nc3ccccc3n2CCCOc2ccc(C)cc2C)cc(OC)c1OC. The van der Waals surface area contributed by atoms with Crippen molar-refractivity contribution in [3.05, 3.63) is 77.1 Å². The fourth-order valence-electron chi connectivity index (χ4n) is 4.58. The highest BCUT2D eigenvalue weighted by atomic mass is 16.5. The molecule has 4 aromatic rings. The molecule has 0 spiro atoms. The van der Waals surface area contributed by atoms with Crippen molar-refractivity contribution in [1.82, 2.24) is 14.9 Å². The van der Waals surface area contributed by atoms with Crippen LogP contribution in [0, 0.1) is 13.8 Å². The number of hydrogen-bond acceptors (Lipinski definition) is 6. The van der Waals surface area contributed by atoms with Crippen LogP contribution in [0.25, 0.3) is 11.0 Å². The third kappa shape index (κ3) is 5.69. The molecule has 1 N–H and O–H groups in total. The lowest BCUT2D eigenvalue weighted by atomic mass is 10.1. The number of amides is 1. The van der Waals surface area contributed by atoms with Crippen LogP contribution in [0.5, 0.6) is 23.0 Å². The van der Waals surface area contributed by atoms with Crippen LogP contribution in [0.3, 0.4) is 0 Å². The van der Waals surface area contributed by atoms with Gasteiger partial charge in [-0.1, -0.05) is 29.8 Å². The van der Waals surface area contributed by atoms with E-state index in [1.54, 1.807) is 12.1 Å². The van der Waals surface area contributed by atoms with E-state index in [0.717, 1.165) is 34.6 Å². The number of aromatic nitrogens is 2. The van der Waals surface area contributed by atoms with Crippen molar-refractivity contribution in [2.45, 2.75) is 39.8 Å². The van der Waals surface area contributed by atoms with Crippen LogP contribution in [-0.4, -0.2) is 43.4 Å². The molecule has 4 rings (SSSR count). The predicted octanol–water partition coefficient (Wildman–Crippen LogP) is 5.64. The maximum atomic E-state index is 13.2. The lowest BCUT2D eigenvalue weighted by Crippen LogP contribution is -2.29. The second kappa shape index (κ2) is 11.9. The zero-order valence-corrected chi connectivity index (χ0v) is 22.8. The van der Waals surface area contributed by atoms with Gasteiger partial charge < -0.3 is 28.8 Å². The number of ether oxygens (including phenoxy) is 4. The van der Waals surface area contributed by atoms with E-state index in [0.29, 0.717) is 36.0 Å². The minimum absolute atomic E-state index is 0.270. The molecule has 0 aliphatic rings. The fraction of sp³-hybridized carbons (Fsp3) is 0.333. The molecule has 38 heavy (non-hydrogen) atoms. The number of fused-ring (bicyclic) bond motifs is 1. The van der Waals surface area contributed by atoms with E-state index in [1.165, 1.54) is 26.9 Å². The second-order valence-corrected chi connectivity index (χ2v) is 9.19. The van der Waals surface area contributed by atoms with Gasteiger partial charge in [0.05, 0.1) is 45.0 Å². The molecule has 200 valence electrons. The molecule has 1 atom stereocenters. The van der Waals surface area contributed by atoms with Gasteiger partial charge in [-0.05, 0) is 63.1 Å². The van der Waals surface area contributed by atoms with E-state index in [2.05, 4.69) is 35.9 Å². The van der Waals surface area contributed by atoms with Gasteiger partial charge in [0.25, 0.3) is 5.91 Å². The first kappa shape index (κ1) is 26.9. The molecule has 8 heteroatoms. The Kier molecular flexibility index (Phi) is 8.41. The highest BCUT2D eigenvalue weighted by Crippen LogP contribution is 2.38. The second-order valence-electron chi connectivity index (χ2n) is 9.19. The lowest BCUT2D eigenvalue weighted by Gasteiger charge is -2.18. The van der Waals surface area contributed by atoms with Crippen LogP contribution in [-0.2, 0) is 6.54 Å². The number of benzene rings is 3. The number of para-hydroxylation sites is 2. The Bertz CT molecular complexity index is 1400. The third-order valence-corrected chi connectivity index (χ3v) is 6.46. The highest BCUT2D eigenvalue weighted by Gasteiger charge is 2.22. The van der Waals surface area contributed by atoms with Gasteiger partial charge in [-0.15, -0.1) is 0 Å². The standard InChI is InChI=1S/C30H35N3O5/c1-19-12-13-25(20(2)16-19)38-15-9-14-33-24-11-8-7-10-23(24)32-29(33)21(3)31-30(34)22-17-26(35-4)28(37-6)27(18-22)36-5/h7-8,10-13,16-18,21H,9,14-15H2,1-6H3,(H,31,34). The Hall–Kier alpha value is -4.20. The maximum absolute atomic E-state index is 13.2. The van der Waals surface area contributed by atoms with Crippen LogP contribution in [0.2, 0.25) is 0 Å². The molecule has 0 saturated heterocycles. The average Bonchev–Trinajstić information content (AvgIpc) is 3.29. The number of nitrogens with one attached hydrogen (secondary N) is 1. The van der Waals surface area contributed by atoms with Crippen LogP contribution in [0.1, 0.15) is 46.7 Å². The van der Waals surface area contributed by atoms with Gasteiger partial charge in [0, 0.05) is 12.1 Å². The van der Waals surface area contributed by atoms with E-state index >= 15 is 0 Å². The summed E-state index contributed by atoms with van der Waals surface area (Å²) in [4.78, 5) is 18.1. The molecule has 0 radical (unpaired) electrons. The summed E-state index contributed by atoms with van der Waals surface area (Å²) < 4.78 is 24.4. The zero-order valence-electron chi connectivity index (χ0n) is 22.8. The third-order valence-electron chi connectivity index (χ3n) is 6.46. The molecule has 1 unspecified atom stereocenters.